The van der Waals surface area contributed by atoms with E-state index >= 15 is 0 Å². The Bertz CT molecular complexity index is 1540. The van der Waals surface area contributed by atoms with Crippen LogP contribution in [0.3, 0.4) is 0 Å². The minimum absolute atomic E-state index is 0.0524. The number of fused-ring (bicyclic) bond motifs is 1. The molecule has 9 heteroatoms. The Kier molecular flexibility index (Phi) is 5.83. The van der Waals surface area contributed by atoms with Gasteiger partial charge in [-0.05, 0) is 52.7 Å². The molecule has 1 fully saturated rings. The number of anilines is 1. The topological polar surface area (TPSA) is 87.1 Å². The largest absolute Gasteiger partial charge is 0.573 e. The molecule has 4 aromatic rings. The van der Waals surface area contributed by atoms with Crippen LogP contribution in [0.4, 0.5) is 18.9 Å². The van der Waals surface area contributed by atoms with E-state index in [9.17, 15) is 33.0 Å². The number of alkyl halides is 3. The molecular weight excluding hydrogens is 487 g/mol. The average Bonchev–Trinajstić information content (AvgIpc) is 3.13. The number of aliphatic hydroxyl groups excluding tert-OH is 1. The fourth-order valence-electron chi connectivity index (χ4n) is 4.46. The van der Waals surface area contributed by atoms with E-state index in [0.717, 1.165) is 22.4 Å². The molecule has 1 heterocycles. The van der Waals surface area contributed by atoms with Gasteiger partial charge in [0.15, 0.2) is 0 Å². The highest BCUT2D eigenvalue weighted by Crippen LogP contribution is 2.43. The van der Waals surface area contributed by atoms with Crippen LogP contribution in [0, 0.1) is 0 Å². The van der Waals surface area contributed by atoms with Crippen LogP contribution in [0.15, 0.2) is 96.6 Å². The summed E-state index contributed by atoms with van der Waals surface area (Å²) in [5.74, 6) is -2.87. The predicted octanol–water partition coefficient (Wildman–Crippen LogP) is 6.07. The molecule has 1 saturated heterocycles. The summed E-state index contributed by atoms with van der Waals surface area (Å²) in [5, 5.41) is 22.6. The van der Waals surface area contributed by atoms with Crippen molar-refractivity contribution in [1.29, 1.82) is 0 Å². The van der Waals surface area contributed by atoms with Crippen LogP contribution in [-0.2, 0) is 9.59 Å². The van der Waals surface area contributed by atoms with Gasteiger partial charge in [-0.2, -0.15) is 0 Å². The third-order valence-electron chi connectivity index (χ3n) is 6.05. The number of phenols is 1. The Morgan fingerprint density at radius 1 is 0.838 bits per heavy atom. The SMILES string of the molecule is O=C1C(=O)N(c2ccc(OC(F)(F)F)cc2)C(c2ccc(O)cc2)/C1=C(/O)c1cccc2ccccc12. The molecule has 0 spiro atoms. The number of amides is 1. The minimum atomic E-state index is -4.89. The first-order valence-electron chi connectivity index (χ1n) is 11.1. The number of rotatable bonds is 4. The first kappa shape index (κ1) is 23.9. The molecule has 37 heavy (non-hydrogen) atoms. The average molecular weight is 505 g/mol. The lowest BCUT2D eigenvalue weighted by Gasteiger charge is -2.25. The number of carbonyl (C=O) groups is 2. The number of hydrogen-bond acceptors (Lipinski definition) is 5. The van der Waals surface area contributed by atoms with Crippen molar-refractivity contribution in [2.24, 2.45) is 0 Å². The lowest BCUT2D eigenvalue weighted by atomic mass is 9.93. The second kappa shape index (κ2) is 9.02. The van der Waals surface area contributed by atoms with E-state index in [1.807, 2.05) is 18.2 Å². The van der Waals surface area contributed by atoms with E-state index in [1.165, 1.54) is 36.4 Å². The molecule has 1 atom stereocenters. The molecule has 186 valence electrons. The highest BCUT2D eigenvalue weighted by molar-refractivity contribution is 6.51. The van der Waals surface area contributed by atoms with Gasteiger partial charge in [0.05, 0.1) is 11.6 Å². The van der Waals surface area contributed by atoms with E-state index in [2.05, 4.69) is 4.74 Å². The Hall–Kier alpha value is -4.79. The van der Waals surface area contributed by atoms with Crippen molar-refractivity contribution < 1.29 is 37.7 Å². The first-order valence-corrected chi connectivity index (χ1v) is 11.1. The molecule has 6 nitrogen and oxygen atoms in total. The van der Waals surface area contributed by atoms with Crippen LogP contribution in [0.1, 0.15) is 17.2 Å². The molecular formula is C28H18F3NO5. The number of aromatic hydroxyl groups is 1. The van der Waals surface area contributed by atoms with Gasteiger partial charge in [0, 0.05) is 11.3 Å². The summed E-state index contributed by atoms with van der Waals surface area (Å²) in [6.07, 6.45) is -4.89. The number of Topliss-reactive ketones (excluding diaryl/α,β-unsaturated/α-hetero) is 1. The van der Waals surface area contributed by atoms with E-state index in [-0.39, 0.29) is 17.0 Å². The lowest BCUT2D eigenvalue weighted by Crippen LogP contribution is -2.29. The van der Waals surface area contributed by atoms with Crippen molar-refractivity contribution >= 4 is 33.9 Å². The van der Waals surface area contributed by atoms with Crippen molar-refractivity contribution in [3.8, 4) is 11.5 Å². The third kappa shape index (κ3) is 4.47. The number of benzene rings is 4. The van der Waals surface area contributed by atoms with E-state index in [4.69, 9.17) is 0 Å². The van der Waals surface area contributed by atoms with Gasteiger partial charge in [-0.3, -0.25) is 14.5 Å². The number of ketones is 1. The summed E-state index contributed by atoms with van der Waals surface area (Å²) in [6, 6.07) is 21.5. The van der Waals surface area contributed by atoms with Gasteiger partial charge in [0.2, 0.25) is 0 Å². The summed E-state index contributed by atoms with van der Waals surface area (Å²) < 4.78 is 41.7. The molecule has 0 aromatic heterocycles. The van der Waals surface area contributed by atoms with Gasteiger partial charge in [-0.25, -0.2) is 0 Å². The van der Waals surface area contributed by atoms with Crippen molar-refractivity contribution in [3.05, 3.63) is 108 Å². The number of phenolic OH excluding ortho intramolecular Hbond substituents is 1. The fourth-order valence-corrected chi connectivity index (χ4v) is 4.46. The van der Waals surface area contributed by atoms with Crippen LogP contribution < -0.4 is 9.64 Å². The molecule has 2 N–H and O–H groups in total. The van der Waals surface area contributed by atoms with Crippen LogP contribution in [-0.4, -0.2) is 28.3 Å². The summed E-state index contributed by atoms with van der Waals surface area (Å²) >= 11 is 0. The van der Waals surface area contributed by atoms with Crippen LogP contribution in [0.2, 0.25) is 0 Å². The van der Waals surface area contributed by atoms with E-state index < -0.39 is 35.6 Å². The van der Waals surface area contributed by atoms with Gasteiger partial charge >= 0.3 is 6.36 Å². The van der Waals surface area contributed by atoms with Gasteiger partial charge in [0.25, 0.3) is 11.7 Å². The summed E-state index contributed by atoms with van der Waals surface area (Å²) in [4.78, 5) is 27.7. The second-order valence-electron chi connectivity index (χ2n) is 8.33. The zero-order chi connectivity index (χ0) is 26.3. The second-order valence-corrected chi connectivity index (χ2v) is 8.33. The van der Waals surface area contributed by atoms with Crippen molar-refractivity contribution in [1.82, 2.24) is 0 Å². The Balaban J connectivity index is 1.68. The normalized spacial score (nSPS) is 17.4. The maximum atomic E-state index is 13.3. The molecule has 0 saturated carbocycles. The van der Waals surface area contributed by atoms with E-state index in [1.54, 1.807) is 24.3 Å². The summed E-state index contributed by atoms with van der Waals surface area (Å²) in [5.41, 5.74) is 0.664. The number of nitrogens with zero attached hydrogens (tertiary/aromatic N) is 1. The van der Waals surface area contributed by atoms with Crippen molar-refractivity contribution in [3.63, 3.8) is 0 Å². The maximum absolute atomic E-state index is 13.3. The Morgan fingerprint density at radius 3 is 2.16 bits per heavy atom. The van der Waals surface area contributed by atoms with Crippen molar-refractivity contribution in [2.75, 3.05) is 4.90 Å². The smallest absolute Gasteiger partial charge is 0.508 e. The summed E-state index contributed by atoms with van der Waals surface area (Å²) in [6.45, 7) is 0. The van der Waals surface area contributed by atoms with Gasteiger partial charge < -0.3 is 14.9 Å². The molecule has 4 aromatic carbocycles. The molecule has 1 aliphatic rings. The van der Waals surface area contributed by atoms with Gasteiger partial charge in [0.1, 0.15) is 17.3 Å². The number of hydrogen-bond donors (Lipinski definition) is 2. The predicted molar refractivity (Wildman–Crippen MR) is 130 cm³/mol. The highest BCUT2D eigenvalue weighted by atomic mass is 19.4. The van der Waals surface area contributed by atoms with Crippen LogP contribution >= 0.6 is 0 Å². The molecule has 1 aliphatic heterocycles. The summed E-state index contributed by atoms with van der Waals surface area (Å²) in [7, 11) is 0. The zero-order valence-electron chi connectivity index (χ0n) is 18.9. The Labute approximate surface area is 208 Å². The molecule has 1 unspecified atom stereocenters. The number of carbonyl (C=O) groups excluding carboxylic acids is 2. The standard InChI is InChI=1S/C28H18F3NO5/c29-28(30,31)37-20-14-10-18(11-15-20)32-24(17-8-12-19(33)13-9-17)23(26(35)27(32)36)25(34)22-7-3-5-16-4-1-2-6-21(16)22/h1-15,24,33-34H/b25-23-. The Morgan fingerprint density at radius 2 is 1.49 bits per heavy atom. The monoisotopic (exact) mass is 505 g/mol. The fraction of sp³-hybridized carbons (Fsp3) is 0.0714. The number of aliphatic hydroxyl groups is 1. The number of halogens is 3. The zero-order valence-corrected chi connectivity index (χ0v) is 18.9. The van der Waals surface area contributed by atoms with Gasteiger partial charge in [-0.1, -0.05) is 54.6 Å². The van der Waals surface area contributed by atoms with Crippen LogP contribution in [0.5, 0.6) is 11.5 Å². The minimum Gasteiger partial charge on any atom is -0.508 e. The van der Waals surface area contributed by atoms with E-state index in [0.29, 0.717) is 16.5 Å². The quantitative estimate of drug-likeness (QED) is 0.200. The molecule has 0 bridgehead atoms. The highest BCUT2D eigenvalue weighted by Gasteiger charge is 2.47. The first-order chi connectivity index (χ1) is 17.6. The molecule has 5 rings (SSSR count). The van der Waals surface area contributed by atoms with Crippen LogP contribution in [0.25, 0.3) is 16.5 Å². The maximum Gasteiger partial charge on any atom is 0.573 e. The number of ether oxygens (including phenoxy) is 1. The molecule has 0 radical (unpaired) electrons. The van der Waals surface area contributed by atoms with Gasteiger partial charge in [-0.15, -0.1) is 13.2 Å². The third-order valence-corrected chi connectivity index (χ3v) is 6.05. The molecule has 0 aliphatic carbocycles. The molecule has 1 amide bonds. The van der Waals surface area contributed by atoms with Crippen molar-refractivity contribution in [2.45, 2.75) is 12.4 Å². The lowest BCUT2D eigenvalue weighted by molar-refractivity contribution is -0.274.